The minimum atomic E-state index is -0.0742. The minimum Gasteiger partial charge on any atom is -0.460 e. The third-order valence-electron chi connectivity index (χ3n) is 4.10. The molecule has 1 saturated heterocycles. The molecule has 2 aromatic rings. The standard InChI is InChI=1S/C19H23NO3/c1-2-7-17-16(19(21)20-13-15-10-6-11-22-15)12-18(23-17)14-8-4-3-5-9-14/h3-5,8-9,12,15H,2,6-7,10-11,13H2,1H3,(H,20,21). The van der Waals surface area contributed by atoms with Gasteiger partial charge >= 0.3 is 0 Å². The first-order valence-corrected chi connectivity index (χ1v) is 8.36. The summed E-state index contributed by atoms with van der Waals surface area (Å²) >= 11 is 0. The van der Waals surface area contributed by atoms with Crippen molar-refractivity contribution in [1.29, 1.82) is 0 Å². The largest absolute Gasteiger partial charge is 0.460 e. The van der Waals surface area contributed by atoms with Crippen molar-refractivity contribution in [3.05, 3.63) is 47.7 Å². The number of carbonyl (C=O) groups is 1. The monoisotopic (exact) mass is 313 g/mol. The van der Waals surface area contributed by atoms with E-state index in [4.69, 9.17) is 9.15 Å². The quantitative estimate of drug-likeness (QED) is 0.882. The van der Waals surface area contributed by atoms with Gasteiger partial charge in [0.2, 0.25) is 0 Å². The summed E-state index contributed by atoms with van der Waals surface area (Å²) in [5.74, 6) is 1.43. The number of carbonyl (C=O) groups excluding carboxylic acids is 1. The Morgan fingerprint density at radius 2 is 2.13 bits per heavy atom. The molecule has 0 radical (unpaired) electrons. The molecule has 2 heterocycles. The van der Waals surface area contributed by atoms with Crippen LogP contribution in [-0.4, -0.2) is 25.2 Å². The molecule has 4 nitrogen and oxygen atoms in total. The average molecular weight is 313 g/mol. The van der Waals surface area contributed by atoms with Gasteiger partial charge < -0.3 is 14.5 Å². The third kappa shape index (κ3) is 3.82. The van der Waals surface area contributed by atoms with Crippen molar-refractivity contribution in [3.63, 3.8) is 0 Å². The maximum absolute atomic E-state index is 12.5. The number of ether oxygens (including phenoxy) is 1. The van der Waals surface area contributed by atoms with Crippen molar-refractivity contribution in [2.24, 2.45) is 0 Å². The molecule has 1 amide bonds. The van der Waals surface area contributed by atoms with Crippen LogP contribution in [0.2, 0.25) is 0 Å². The SMILES string of the molecule is CCCc1oc(-c2ccccc2)cc1C(=O)NCC1CCCO1. The van der Waals surface area contributed by atoms with Gasteiger partial charge in [-0.2, -0.15) is 0 Å². The molecule has 122 valence electrons. The molecule has 1 unspecified atom stereocenters. The van der Waals surface area contributed by atoms with E-state index in [1.54, 1.807) is 0 Å². The predicted octanol–water partition coefficient (Wildman–Crippen LogP) is 3.81. The zero-order valence-corrected chi connectivity index (χ0v) is 13.5. The number of nitrogens with one attached hydrogen (secondary N) is 1. The van der Waals surface area contributed by atoms with Crippen LogP contribution in [0.25, 0.3) is 11.3 Å². The van der Waals surface area contributed by atoms with E-state index in [-0.39, 0.29) is 12.0 Å². The molecular weight excluding hydrogens is 290 g/mol. The Balaban J connectivity index is 1.76. The fraction of sp³-hybridized carbons (Fsp3) is 0.421. The van der Waals surface area contributed by atoms with E-state index >= 15 is 0 Å². The fourth-order valence-corrected chi connectivity index (χ4v) is 2.89. The van der Waals surface area contributed by atoms with Crippen LogP contribution in [0.3, 0.4) is 0 Å². The van der Waals surface area contributed by atoms with Gasteiger partial charge in [0.05, 0.1) is 11.7 Å². The third-order valence-corrected chi connectivity index (χ3v) is 4.10. The number of hydrogen-bond acceptors (Lipinski definition) is 3. The number of rotatable bonds is 6. The lowest BCUT2D eigenvalue weighted by atomic mass is 10.1. The van der Waals surface area contributed by atoms with Gasteiger partial charge in [0.25, 0.3) is 5.91 Å². The van der Waals surface area contributed by atoms with Gasteiger partial charge in [-0.05, 0) is 25.3 Å². The van der Waals surface area contributed by atoms with Gasteiger partial charge in [0, 0.05) is 25.1 Å². The van der Waals surface area contributed by atoms with E-state index < -0.39 is 0 Å². The van der Waals surface area contributed by atoms with Crippen LogP contribution in [0, 0.1) is 0 Å². The van der Waals surface area contributed by atoms with Crippen molar-refractivity contribution < 1.29 is 13.9 Å². The summed E-state index contributed by atoms with van der Waals surface area (Å²) in [7, 11) is 0. The lowest BCUT2D eigenvalue weighted by Gasteiger charge is -2.10. The molecular formula is C19H23NO3. The molecule has 1 aromatic carbocycles. The number of benzene rings is 1. The van der Waals surface area contributed by atoms with Gasteiger partial charge in [-0.25, -0.2) is 0 Å². The van der Waals surface area contributed by atoms with Crippen molar-refractivity contribution in [2.45, 2.75) is 38.7 Å². The molecule has 23 heavy (non-hydrogen) atoms. The van der Waals surface area contributed by atoms with Crippen molar-refractivity contribution in [2.75, 3.05) is 13.2 Å². The van der Waals surface area contributed by atoms with E-state index in [0.717, 1.165) is 49.4 Å². The second-order valence-corrected chi connectivity index (χ2v) is 5.91. The van der Waals surface area contributed by atoms with Crippen LogP contribution in [0.4, 0.5) is 0 Å². The maximum atomic E-state index is 12.5. The lowest BCUT2D eigenvalue weighted by Crippen LogP contribution is -2.32. The highest BCUT2D eigenvalue weighted by molar-refractivity contribution is 5.96. The Hall–Kier alpha value is -2.07. The van der Waals surface area contributed by atoms with E-state index in [9.17, 15) is 4.79 Å². The van der Waals surface area contributed by atoms with Gasteiger partial charge in [-0.1, -0.05) is 37.3 Å². The second-order valence-electron chi connectivity index (χ2n) is 5.91. The predicted molar refractivity (Wildman–Crippen MR) is 89.4 cm³/mol. The minimum absolute atomic E-state index is 0.0742. The van der Waals surface area contributed by atoms with E-state index in [0.29, 0.717) is 12.1 Å². The topological polar surface area (TPSA) is 51.5 Å². The number of hydrogen-bond donors (Lipinski definition) is 1. The first-order valence-electron chi connectivity index (χ1n) is 8.36. The highest BCUT2D eigenvalue weighted by atomic mass is 16.5. The summed E-state index contributed by atoms with van der Waals surface area (Å²) in [5, 5.41) is 2.98. The highest BCUT2D eigenvalue weighted by Gasteiger charge is 2.21. The van der Waals surface area contributed by atoms with Gasteiger partial charge in [-0.15, -0.1) is 0 Å². The Labute approximate surface area is 136 Å². The van der Waals surface area contributed by atoms with Gasteiger partial charge in [-0.3, -0.25) is 4.79 Å². The number of furan rings is 1. The van der Waals surface area contributed by atoms with Crippen LogP contribution in [-0.2, 0) is 11.2 Å². The summed E-state index contributed by atoms with van der Waals surface area (Å²) in [6, 6.07) is 11.7. The summed E-state index contributed by atoms with van der Waals surface area (Å²) in [6.45, 7) is 3.44. The molecule has 1 aliphatic heterocycles. The molecule has 0 saturated carbocycles. The Morgan fingerprint density at radius 1 is 1.30 bits per heavy atom. The number of amides is 1. The van der Waals surface area contributed by atoms with Gasteiger partial charge in [0.15, 0.2) is 0 Å². The van der Waals surface area contributed by atoms with E-state index in [1.807, 2.05) is 36.4 Å². The van der Waals surface area contributed by atoms with Crippen molar-refractivity contribution >= 4 is 5.91 Å². The molecule has 1 N–H and O–H groups in total. The Morgan fingerprint density at radius 3 is 2.83 bits per heavy atom. The highest BCUT2D eigenvalue weighted by Crippen LogP contribution is 2.26. The Kier molecular flexibility index (Phi) is 5.13. The molecule has 4 heteroatoms. The van der Waals surface area contributed by atoms with Crippen LogP contribution < -0.4 is 5.32 Å². The van der Waals surface area contributed by atoms with E-state index in [1.165, 1.54) is 0 Å². The lowest BCUT2D eigenvalue weighted by molar-refractivity contribution is 0.0856. The van der Waals surface area contributed by atoms with Crippen LogP contribution >= 0.6 is 0 Å². The molecule has 0 spiro atoms. The average Bonchev–Trinajstić information content (AvgIpc) is 3.23. The fourth-order valence-electron chi connectivity index (χ4n) is 2.89. The molecule has 0 aliphatic carbocycles. The molecule has 1 fully saturated rings. The maximum Gasteiger partial charge on any atom is 0.254 e. The molecule has 1 aromatic heterocycles. The summed E-state index contributed by atoms with van der Waals surface area (Å²) < 4.78 is 11.5. The molecule has 3 rings (SSSR count). The normalized spacial score (nSPS) is 17.3. The summed E-state index contributed by atoms with van der Waals surface area (Å²) in [5.41, 5.74) is 1.63. The molecule has 0 bridgehead atoms. The Bertz CT molecular complexity index is 642. The summed E-state index contributed by atoms with van der Waals surface area (Å²) in [4.78, 5) is 12.5. The molecule has 1 atom stereocenters. The van der Waals surface area contributed by atoms with Crippen LogP contribution in [0.15, 0.2) is 40.8 Å². The first kappa shape index (κ1) is 15.8. The van der Waals surface area contributed by atoms with Crippen molar-refractivity contribution in [3.8, 4) is 11.3 Å². The van der Waals surface area contributed by atoms with Crippen LogP contribution in [0.1, 0.15) is 42.3 Å². The zero-order chi connectivity index (χ0) is 16.1. The smallest absolute Gasteiger partial charge is 0.254 e. The number of aryl methyl sites for hydroxylation is 1. The zero-order valence-electron chi connectivity index (χ0n) is 13.5. The summed E-state index contributed by atoms with van der Waals surface area (Å²) in [6.07, 6.45) is 3.94. The molecule has 1 aliphatic rings. The van der Waals surface area contributed by atoms with Crippen molar-refractivity contribution in [1.82, 2.24) is 5.32 Å². The van der Waals surface area contributed by atoms with Crippen LogP contribution in [0.5, 0.6) is 0 Å². The van der Waals surface area contributed by atoms with E-state index in [2.05, 4.69) is 12.2 Å². The van der Waals surface area contributed by atoms with Gasteiger partial charge in [0.1, 0.15) is 11.5 Å². The second kappa shape index (κ2) is 7.47. The first-order chi connectivity index (χ1) is 11.3.